The smallest absolute Gasteiger partial charge is 0.0403 e. The summed E-state index contributed by atoms with van der Waals surface area (Å²) in [6.07, 6.45) is 4.07. The zero-order chi connectivity index (χ0) is 11.2. The topological polar surface area (TPSA) is 12.9 Å². The van der Waals surface area contributed by atoms with E-state index in [1.54, 1.807) is 0 Å². The Kier molecular flexibility index (Phi) is 3.71. The van der Waals surface area contributed by atoms with Gasteiger partial charge in [0, 0.05) is 11.9 Å². The van der Waals surface area contributed by atoms with Crippen molar-refractivity contribution in [2.75, 3.05) is 0 Å². The van der Waals surface area contributed by atoms with Crippen molar-refractivity contribution in [1.82, 2.24) is 4.98 Å². The number of rotatable bonds is 4. The van der Waals surface area contributed by atoms with E-state index < -0.39 is 0 Å². The molecule has 0 aliphatic heterocycles. The highest BCUT2D eigenvalue weighted by molar-refractivity contribution is 5.19. The molecule has 1 atom stereocenters. The molecule has 0 radical (unpaired) electrons. The summed E-state index contributed by atoms with van der Waals surface area (Å²) in [7, 11) is 0. The van der Waals surface area contributed by atoms with Crippen molar-refractivity contribution in [3.63, 3.8) is 0 Å². The van der Waals surface area contributed by atoms with E-state index in [-0.39, 0.29) is 0 Å². The molecule has 0 saturated heterocycles. The van der Waals surface area contributed by atoms with Crippen molar-refractivity contribution in [2.24, 2.45) is 0 Å². The number of pyridine rings is 1. The Morgan fingerprint density at radius 2 is 1.75 bits per heavy atom. The van der Waals surface area contributed by atoms with Gasteiger partial charge in [-0.25, -0.2) is 0 Å². The van der Waals surface area contributed by atoms with Crippen LogP contribution < -0.4 is 0 Å². The first-order valence-electron chi connectivity index (χ1n) is 5.81. The first-order valence-corrected chi connectivity index (χ1v) is 5.81. The lowest BCUT2D eigenvalue weighted by molar-refractivity contribution is 0.671. The molecule has 1 heteroatoms. The van der Waals surface area contributed by atoms with E-state index in [1.807, 2.05) is 12.3 Å². The summed E-state index contributed by atoms with van der Waals surface area (Å²) in [6, 6.07) is 16.8. The van der Waals surface area contributed by atoms with Crippen LogP contribution in [0.15, 0.2) is 54.7 Å². The minimum Gasteiger partial charge on any atom is -0.261 e. The molecule has 1 nitrogen and oxygen atoms in total. The van der Waals surface area contributed by atoms with E-state index in [2.05, 4.69) is 54.4 Å². The Hall–Kier alpha value is -1.63. The van der Waals surface area contributed by atoms with Gasteiger partial charge in [0.25, 0.3) is 0 Å². The van der Waals surface area contributed by atoms with E-state index in [0.717, 1.165) is 12.8 Å². The van der Waals surface area contributed by atoms with E-state index in [1.165, 1.54) is 11.3 Å². The molecule has 1 heterocycles. The van der Waals surface area contributed by atoms with Gasteiger partial charge in [-0.2, -0.15) is 0 Å². The standard InChI is InChI=1S/C15H17N/c1-13(14-7-3-2-4-8-14)10-11-15-9-5-6-12-16-15/h2-9,12-13H,10-11H2,1H3. The van der Waals surface area contributed by atoms with Gasteiger partial charge in [0.15, 0.2) is 0 Å². The Morgan fingerprint density at radius 3 is 2.44 bits per heavy atom. The molecule has 1 unspecified atom stereocenters. The summed E-state index contributed by atoms with van der Waals surface area (Å²) >= 11 is 0. The highest BCUT2D eigenvalue weighted by Crippen LogP contribution is 2.19. The quantitative estimate of drug-likeness (QED) is 0.749. The average Bonchev–Trinajstić information content (AvgIpc) is 2.38. The molecule has 16 heavy (non-hydrogen) atoms. The highest BCUT2D eigenvalue weighted by atomic mass is 14.7. The van der Waals surface area contributed by atoms with Gasteiger partial charge in [-0.1, -0.05) is 43.3 Å². The first kappa shape index (κ1) is 10.9. The summed E-state index contributed by atoms with van der Waals surface area (Å²) in [5.41, 5.74) is 2.60. The molecule has 0 aliphatic carbocycles. The van der Waals surface area contributed by atoms with Gasteiger partial charge < -0.3 is 0 Å². The Balaban J connectivity index is 1.92. The average molecular weight is 211 g/mol. The molecule has 0 N–H and O–H groups in total. The molecule has 2 aromatic rings. The van der Waals surface area contributed by atoms with Gasteiger partial charge in [-0.3, -0.25) is 4.98 Å². The largest absolute Gasteiger partial charge is 0.261 e. The van der Waals surface area contributed by atoms with Gasteiger partial charge in [-0.15, -0.1) is 0 Å². The van der Waals surface area contributed by atoms with E-state index in [4.69, 9.17) is 0 Å². The van der Waals surface area contributed by atoms with Crippen molar-refractivity contribution in [3.05, 3.63) is 66.0 Å². The molecule has 0 saturated carbocycles. The third-order valence-corrected chi connectivity index (χ3v) is 2.93. The number of nitrogens with zero attached hydrogens (tertiary/aromatic N) is 1. The van der Waals surface area contributed by atoms with E-state index in [0.29, 0.717) is 5.92 Å². The Bertz CT molecular complexity index is 408. The number of benzene rings is 1. The van der Waals surface area contributed by atoms with Gasteiger partial charge in [-0.05, 0) is 36.5 Å². The third kappa shape index (κ3) is 2.93. The lowest BCUT2D eigenvalue weighted by Gasteiger charge is -2.10. The SMILES string of the molecule is CC(CCc1ccccn1)c1ccccc1. The molecule has 2 rings (SSSR count). The summed E-state index contributed by atoms with van der Waals surface area (Å²) in [5, 5.41) is 0. The van der Waals surface area contributed by atoms with Crippen LogP contribution in [0.4, 0.5) is 0 Å². The van der Waals surface area contributed by atoms with Crippen LogP contribution in [0, 0.1) is 0 Å². The van der Waals surface area contributed by atoms with Gasteiger partial charge in [0.05, 0.1) is 0 Å². The number of aromatic nitrogens is 1. The Labute approximate surface area is 97.2 Å². The zero-order valence-corrected chi connectivity index (χ0v) is 9.63. The molecule has 0 fully saturated rings. The fourth-order valence-corrected chi connectivity index (χ4v) is 1.86. The first-order chi connectivity index (χ1) is 7.86. The normalized spacial score (nSPS) is 12.3. The zero-order valence-electron chi connectivity index (χ0n) is 9.63. The van der Waals surface area contributed by atoms with Gasteiger partial charge >= 0.3 is 0 Å². The molecule has 82 valence electrons. The fraction of sp³-hybridized carbons (Fsp3) is 0.267. The van der Waals surface area contributed by atoms with Gasteiger partial charge in [0.1, 0.15) is 0 Å². The molecule has 0 bridgehead atoms. The summed E-state index contributed by atoms with van der Waals surface area (Å²) < 4.78 is 0. The van der Waals surface area contributed by atoms with Crippen molar-refractivity contribution >= 4 is 0 Å². The number of hydrogen-bond donors (Lipinski definition) is 0. The number of aryl methyl sites for hydroxylation is 1. The van der Waals surface area contributed by atoms with Crippen molar-refractivity contribution in [1.29, 1.82) is 0 Å². The van der Waals surface area contributed by atoms with Gasteiger partial charge in [0.2, 0.25) is 0 Å². The second-order valence-corrected chi connectivity index (χ2v) is 4.17. The summed E-state index contributed by atoms with van der Waals surface area (Å²) in [6.45, 7) is 2.28. The van der Waals surface area contributed by atoms with Crippen LogP contribution in [0.25, 0.3) is 0 Å². The highest BCUT2D eigenvalue weighted by Gasteiger charge is 2.05. The lowest BCUT2D eigenvalue weighted by Crippen LogP contribution is -1.97. The lowest BCUT2D eigenvalue weighted by atomic mass is 9.95. The molecule has 0 aliphatic rings. The predicted molar refractivity (Wildman–Crippen MR) is 67.4 cm³/mol. The maximum atomic E-state index is 4.34. The van der Waals surface area contributed by atoms with E-state index in [9.17, 15) is 0 Å². The van der Waals surface area contributed by atoms with Crippen molar-refractivity contribution in [2.45, 2.75) is 25.7 Å². The maximum absolute atomic E-state index is 4.34. The molecule has 1 aromatic carbocycles. The minimum atomic E-state index is 0.600. The van der Waals surface area contributed by atoms with E-state index >= 15 is 0 Å². The van der Waals surface area contributed by atoms with Crippen LogP contribution in [-0.4, -0.2) is 4.98 Å². The molecular formula is C15H17N. The molecule has 1 aromatic heterocycles. The molecule has 0 spiro atoms. The Morgan fingerprint density at radius 1 is 1.00 bits per heavy atom. The second-order valence-electron chi connectivity index (χ2n) is 4.17. The van der Waals surface area contributed by atoms with Crippen molar-refractivity contribution in [3.8, 4) is 0 Å². The van der Waals surface area contributed by atoms with Crippen LogP contribution in [0.1, 0.15) is 30.5 Å². The fourth-order valence-electron chi connectivity index (χ4n) is 1.86. The van der Waals surface area contributed by atoms with Crippen LogP contribution >= 0.6 is 0 Å². The van der Waals surface area contributed by atoms with Crippen LogP contribution in [0.3, 0.4) is 0 Å². The van der Waals surface area contributed by atoms with Crippen molar-refractivity contribution < 1.29 is 0 Å². The predicted octanol–water partition coefficient (Wildman–Crippen LogP) is 3.82. The van der Waals surface area contributed by atoms with Crippen LogP contribution in [0.2, 0.25) is 0 Å². The molecule has 0 amide bonds. The minimum absolute atomic E-state index is 0.600. The summed E-state index contributed by atoms with van der Waals surface area (Å²) in [4.78, 5) is 4.34. The third-order valence-electron chi connectivity index (χ3n) is 2.93. The number of hydrogen-bond acceptors (Lipinski definition) is 1. The molecular weight excluding hydrogens is 194 g/mol. The second kappa shape index (κ2) is 5.45. The van der Waals surface area contributed by atoms with Crippen LogP contribution in [-0.2, 0) is 6.42 Å². The maximum Gasteiger partial charge on any atom is 0.0403 e. The monoisotopic (exact) mass is 211 g/mol. The van der Waals surface area contributed by atoms with Crippen LogP contribution in [0.5, 0.6) is 0 Å². The summed E-state index contributed by atoms with van der Waals surface area (Å²) in [5.74, 6) is 0.600.